The first-order valence-electron chi connectivity index (χ1n) is 10.3. The molecule has 0 saturated carbocycles. The first-order valence-corrected chi connectivity index (χ1v) is 11.3. The lowest BCUT2D eigenvalue weighted by atomic mass is 10.0. The van der Waals surface area contributed by atoms with Crippen LogP contribution in [0.2, 0.25) is 0 Å². The smallest absolute Gasteiger partial charge is 0.191 e. The fourth-order valence-electron chi connectivity index (χ4n) is 2.86. The monoisotopic (exact) mass is 411 g/mol. The number of thioether (sulfide) groups is 1. The molecule has 0 atom stereocenters. The van der Waals surface area contributed by atoms with Crippen LogP contribution < -0.4 is 10.6 Å². The SMILES string of the molecule is CCNC(=NCCCSc1ccc(F)cc1)NCCCOCC1CCOCC1. The number of aliphatic imine (C=N–C) groups is 1. The molecule has 1 aliphatic heterocycles. The van der Waals surface area contributed by atoms with Gasteiger partial charge in [0.05, 0.1) is 0 Å². The Kier molecular flexibility index (Phi) is 12.0. The Bertz CT molecular complexity index is 551. The first kappa shape index (κ1) is 23.0. The van der Waals surface area contributed by atoms with Crippen molar-refractivity contribution in [3.63, 3.8) is 0 Å². The van der Waals surface area contributed by atoms with Crippen LogP contribution in [0.3, 0.4) is 0 Å². The van der Waals surface area contributed by atoms with Crippen molar-refractivity contribution >= 4 is 17.7 Å². The van der Waals surface area contributed by atoms with Crippen molar-refractivity contribution in [2.24, 2.45) is 10.9 Å². The summed E-state index contributed by atoms with van der Waals surface area (Å²) in [4.78, 5) is 5.71. The first-order chi connectivity index (χ1) is 13.8. The minimum absolute atomic E-state index is 0.190. The third-order valence-corrected chi connectivity index (χ3v) is 5.55. The highest BCUT2D eigenvalue weighted by Crippen LogP contribution is 2.18. The average Bonchev–Trinajstić information content (AvgIpc) is 2.72. The Balaban J connectivity index is 1.52. The zero-order chi connectivity index (χ0) is 19.9. The van der Waals surface area contributed by atoms with Gasteiger partial charge >= 0.3 is 0 Å². The van der Waals surface area contributed by atoms with Crippen LogP contribution in [-0.2, 0) is 9.47 Å². The molecule has 0 spiro atoms. The summed E-state index contributed by atoms with van der Waals surface area (Å²) in [6.45, 7) is 7.91. The summed E-state index contributed by atoms with van der Waals surface area (Å²) in [5.74, 6) is 2.30. The Morgan fingerprint density at radius 3 is 2.75 bits per heavy atom. The van der Waals surface area contributed by atoms with Gasteiger partial charge in [0.25, 0.3) is 0 Å². The van der Waals surface area contributed by atoms with Gasteiger partial charge in [-0.05, 0) is 68.5 Å². The summed E-state index contributed by atoms with van der Waals surface area (Å²) < 4.78 is 24.1. The van der Waals surface area contributed by atoms with E-state index in [0.29, 0.717) is 5.92 Å². The lowest BCUT2D eigenvalue weighted by molar-refractivity contribution is 0.0203. The summed E-state index contributed by atoms with van der Waals surface area (Å²) in [5, 5.41) is 6.64. The highest BCUT2D eigenvalue weighted by Gasteiger charge is 2.13. The second kappa shape index (κ2) is 14.7. The van der Waals surface area contributed by atoms with Crippen LogP contribution in [0.4, 0.5) is 4.39 Å². The molecule has 0 unspecified atom stereocenters. The van der Waals surface area contributed by atoms with E-state index in [1.165, 1.54) is 12.1 Å². The van der Waals surface area contributed by atoms with Gasteiger partial charge in [0.2, 0.25) is 0 Å². The zero-order valence-corrected chi connectivity index (χ0v) is 17.7. The molecule has 2 rings (SSSR count). The van der Waals surface area contributed by atoms with Crippen molar-refractivity contribution in [2.75, 3.05) is 51.8 Å². The molecule has 5 nitrogen and oxygen atoms in total. The second-order valence-corrected chi connectivity index (χ2v) is 8.00. The average molecular weight is 412 g/mol. The number of hydrogen-bond acceptors (Lipinski definition) is 4. The number of guanidine groups is 1. The summed E-state index contributed by atoms with van der Waals surface area (Å²) in [6.07, 6.45) is 4.19. The molecule has 28 heavy (non-hydrogen) atoms. The molecule has 0 aromatic heterocycles. The Morgan fingerprint density at radius 2 is 2.00 bits per heavy atom. The largest absolute Gasteiger partial charge is 0.381 e. The van der Waals surface area contributed by atoms with Crippen LogP contribution in [0, 0.1) is 11.7 Å². The van der Waals surface area contributed by atoms with Gasteiger partial charge in [-0.2, -0.15) is 0 Å². The molecule has 7 heteroatoms. The molecule has 0 radical (unpaired) electrons. The van der Waals surface area contributed by atoms with Crippen molar-refractivity contribution in [3.8, 4) is 0 Å². The van der Waals surface area contributed by atoms with Gasteiger partial charge in [-0.3, -0.25) is 4.99 Å². The molecule has 1 aliphatic rings. The lowest BCUT2D eigenvalue weighted by Gasteiger charge is -2.21. The minimum Gasteiger partial charge on any atom is -0.381 e. The van der Waals surface area contributed by atoms with Crippen LogP contribution in [0.15, 0.2) is 34.2 Å². The molecule has 0 amide bonds. The van der Waals surface area contributed by atoms with Gasteiger partial charge in [-0.15, -0.1) is 11.8 Å². The van der Waals surface area contributed by atoms with E-state index < -0.39 is 0 Å². The van der Waals surface area contributed by atoms with Gasteiger partial charge in [-0.1, -0.05) is 0 Å². The molecule has 1 saturated heterocycles. The lowest BCUT2D eigenvalue weighted by Crippen LogP contribution is -2.38. The fourth-order valence-corrected chi connectivity index (χ4v) is 3.70. The second-order valence-electron chi connectivity index (χ2n) is 6.83. The van der Waals surface area contributed by atoms with Crippen molar-refractivity contribution in [3.05, 3.63) is 30.1 Å². The van der Waals surface area contributed by atoms with E-state index >= 15 is 0 Å². The topological polar surface area (TPSA) is 54.9 Å². The normalized spacial score (nSPS) is 15.6. The van der Waals surface area contributed by atoms with Crippen LogP contribution >= 0.6 is 11.8 Å². The molecule has 0 aliphatic carbocycles. The summed E-state index contributed by atoms with van der Waals surface area (Å²) >= 11 is 1.73. The highest BCUT2D eigenvalue weighted by molar-refractivity contribution is 7.99. The Morgan fingerprint density at radius 1 is 1.21 bits per heavy atom. The standard InChI is InChI=1S/C21H34FN3O2S/c1-2-23-21(24-11-3-13-27-17-18-9-14-26-15-10-18)25-12-4-16-28-20-7-5-19(22)6-8-20/h5-8,18H,2-4,9-17H2,1H3,(H2,23,24,25). The van der Waals surface area contributed by atoms with Crippen LogP contribution in [0.25, 0.3) is 0 Å². The number of nitrogens with zero attached hydrogens (tertiary/aromatic N) is 1. The van der Waals surface area contributed by atoms with Crippen molar-refractivity contribution in [1.29, 1.82) is 0 Å². The molecular formula is C21H34FN3O2S. The van der Waals surface area contributed by atoms with Gasteiger partial charge in [-0.25, -0.2) is 4.39 Å². The van der Waals surface area contributed by atoms with E-state index in [9.17, 15) is 4.39 Å². The van der Waals surface area contributed by atoms with Gasteiger partial charge in [0.15, 0.2) is 5.96 Å². The van der Waals surface area contributed by atoms with Crippen molar-refractivity contribution < 1.29 is 13.9 Å². The number of nitrogens with one attached hydrogen (secondary N) is 2. The van der Waals surface area contributed by atoms with Gasteiger partial charge in [0.1, 0.15) is 5.82 Å². The van der Waals surface area contributed by atoms with Gasteiger partial charge in [0, 0.05) is 51.0 Å². The maximum absolute atomic E-state index is 12.9. The number of benzene rings is 1. The summed E-state index contributed by atoms with van der Waals surface area (Å²) in [7, 11) is 0. The number of hydrogen-bond donors (Lipinski definition) is 2. The molecule has 158 valence electrons. The number of ether oxygens (including phenoxy) is 2. The third-order valence-electron chi connectivity index (χ3n) is 4.45. The van der Waals surface area contributed by atoms with E-state index in [-0.39, 0.29) is 5.82 Å². The molecule has 1 fully saturated rings. The molecule has 0 bridgehead atoms. The molecule has 2 N–H and O–H groups in total. The molecule has 1 heterocycles. The minimum atomic E-state index is -0.190. The van der Waals surface area contributed by atoms with Crippen molar-refractivity contribution in [2.45, 2.75) is 37.5 Å². The predicted octanol–water partition coefficient (Wildman–Crippen LogP) is 3.70. The van der Waals surface area contributed by atoms with E-state index in [2.05, 4.69) is 22.5 Å². The van der Waals surface area contributed by atoms with E-state index in [4.69, 9.17) is 9.47 Å². The molecular weight excluding hydrogens is 377 g/mol. The Labute approximate surface area is 172 Å². The van der Waals surface area contributed by atoms with E-state index in [1.807, 2.05) is 12.1 Å². The number of halogens is 1. The van der Waals surface area contributed by atoms with Crippen LogP contribution in [0.1, 0.15) is 32.6 Å². The number of rotatable bonds is 12. The zero-order valence-electron chi connectivity index (χ0n) is 16.9. The van der Waals surface area contributed by atoms with Crippen molar-refractivity contribution in [1.82, 2.24) is 10.6 Å². The molecule has 1 aromatic rings. The Hall–Kier alpha value is -1.31. The van der Waals surface area contributed by atoms with E-state index in [1.54, 1.807) is 11.8 Å². The van der Waals surface area contributed by atoms with Crippen LogP contribution in [-0.4, -0.2) is 57.8 Å². The quantitative estimate of drug-likeness (QED) is 0.238. The van der Waals surface area contributed by atoms with E-state index in [0.717, 1.165) is 88.4 Å². The maximum Gasteiger partial charge on any atom is 0.191 e. The predicted molar refractivity (Wildman–Crippen MR) is 115 cm³/mol. The summed E-state index contributed by atoms with van der Waals surface area (Å²) in [5.41, 5.74) is 0. The van der Waals surface area contributed by atoms with Gasteiger partial charge < -0.3 is 20.1 Å². The fraction of sp³-hybridized carbons (Fsp3) is 0.667. The maximum atomic E-state index is 12.9. The van der Waals surface area contributed by atoms with Crippen LogP contribution in [0.5, 0.6) is 0 Å². The third kappa shape index (κ3) is 10.3. The molecule has 1 aromatic carbocycles. The highest BCUT2D eigenvalue weighted by atomic mass is 32.2. The summed E-state index contributed by atoms with van der Waals surface area (Å²) in [6, 6.07) is 6.64.